The summed E-state index contributed by atoms with van der Waals surface area (Å²) in [7, 11) is -3.79. The molecule has 0 saturated carbocycles. The van der Waals surface area contributed by atoms with Crippen molar-refractivity contribution in [2.75, 3.05) is 5.32 Å². The molecule has 0 bridgehead atoms. The normalized spacial score (nSPS) is 12.3. The van der Waals surface area contributed by atoms with Crippen molar-refractivity contribution in [2.45, 2.75) is 24.3 Å². The molecule has 2 N–H and O–H groups in total. The van der Waals surface area contributed by atoms with Crippen LogP contribution in [0, 0.1) is 6.92 Å². The van der Waals surface area contributed by atoms with Gasteiger partial charge in [0, 0.05) is 12.6 Å². The molecule has 3 aromatic rings. The first-order chi connectivity index (χ1) is 13.4. The lowest BCUT2D eigenvalue weighted by molar-refractivity contribution is -0.116. The number of benzene rings is 2. The minimum atomic E-state index is -3.79. The van der Waals surface area contributed by atoms with Gasteiger partial charge in [0.15, 0.2) is 0 Å². The molecule has 28 heavy (non-hydrogen) atoms. The number of nitrogens with zero attached hydrogens (tertiary/aromatic N) is 1. The monoisotopic (exact) mass is 395 g/mol. The quantitative estimate of drug-likeness (QED) is 0.641. The first kappa shape index (κ1) is 19.7. The molecule has 144 valence electrons. The highest BCUT2D eigenvalue weighted by atomic mass is 32.2. The van der Waals surface area contributed by atoms with Crippen LogP contribution in [0.4, 0.5) is 5.69 Å². The Kier molecular flexibility index (Phi) is 6.18. The Bertz CT molecular complexity index is 1020. The molecular weight excluding hydrogens is 374 g/mol. The van der Waals surface area contributed by atoms with Gasteiger partial charge in [-0.1, -0.05) is 48.0 Å². The predicted molar refractivity (Wildman–Crippen MR) is 108 cm³/mol. The van der Waals surface area contributed by atoms with Gasteiger partial charge in [-0.3, -0.25) is 9.78 Å². The van der Waals surface area contributed by atoms with Crippen molar-refractivity contribution < 1.29 is 13.2 Å². The van der Waals surface area contributed by atoms with E-state index in [0.717, 1.165) is 5.56 Å². The highest BCUT2D eigenvalue weighted by Gasteiger charge is 2.23. The number of nitrogens with one attached hydrogen (secondary N) is 2. The molecule has 1 aromatic heterocycles. The molecule has 3 rings (SSSR count). The molecule has 0 aliphatic rings. The van der Waals surface area contributed by atoms with Crippen molar-refractivity contribution in [3.63, 3.8) is 0 Å². The summed E-state index contributed by atoms with van der Waals surface area (Å²) in [5.41, 5.74) is 2.23. The Morgan fingerprint density at radius 2 is 1.71 bits per heavy atom. The summed E-state index contributed by atoms with van der Waals surface area (Å²) < 4.78 is 28.3. The van der Waals surface area contributed by atoms with Crippen LogP contribution in [0.25, 0.3) is 0 Å². The summed E-state index contributed by atoms with van der Waals surface area (Å²) >= 11 is 0. The Labute approximate surface area is 164 Å². The van der Waals surface area contributed by atoms with Crippen LogP contribution in [0.3, 0.4) is 0 Å². The average Bonchev–Trinajstić information content (AvgIpc) is 2.69. The number of hydrogen-bond donors (Lipinski definition) is 2. The zero-order valence-electron chi connectivity index (χ0n) is 15.4. The third-order valence-electron chi connectivity index (χ3n) is 4.17. The van der Waals surface area contributed by atoms with Gasteiger partial charge < -0.3 is 5.32 Å². The van der Waals surface area contributed by atoms with Gasteiger partial charge in [-0.15, -0.1) is 0 Å². The third kappa shape index (κ3) is 5.25. The molecule has 0 spiro atoms. The van der Waals surface area contributed by atoms with Crippen LogP contribution in [0.2, 0.25) is 0 Å². The molecule has 1 atom stereocenters. The largest absolute Gasteiger partial charge is 0.325 e. The van der Waals surface area contributed by atoms with E-state index in [1.54, 1.807) is 54.7 Å². The van der Waals surface area contributed by atoms with Gasteiger partial charge in [0.2, 0.25) is 15.9 Å². The number of carbonyl (C=O) groups excluding carboxylic acids is 1. The lowest BCUT2D eigenvalue weighted by Gasteiger charge is -2.19. The maximum atomic E-state index is 12.8. The number of aromatic nitrogens is 1. The SMILES string of the molecule is Cc1ccc(S(=O)(=O)N[C@@H](CC(=O)Nc2cccnc2)c2ccccc2)cc1. The smallest absolute Gasteiger partial charge is 0.241 e. The van der Waals surface area contributed by atoms with Crippen molar-refractivity contribution in [1.82, 2.24) is 9.71 Å². The van der Waals surface area contributed by atoms with E-state index in [9.17, 15) is 13.2 Å². The maximum absolute atomic E-state index is 12.8. The Morgan fingerprint density at radius 1 is 1.00 bits per heavy atom. The number of aryl methyl sites for hydroxylation is 1. The summed E-state index contributed by atoms with van der Waals surface area (Å²) in [5, 5.41) is 2.74. The molecule has 2 aromatic carbocycles. The number of rotatable bonds is 7. The summed E-state index contributed by atoms with van der Waals surface area (Å²) in [5.74, 6) is -0.312. The molecule has 0 fully saturated rings. The average molecular weight is 395 g/mol. The number of carbonyl (C=O) groups is 1. The van der Waals surface area contributed by atoms with Crippen LogP contribution in [-0.2, 0) is 14.8 Å². The van der Waals surface area contributed by atoms with Crippen LogP contribution in [-0.4, -0.2) is 19.3 Å². The van der Waals surface area contributed by atoms with Crippen molar-refractivity contribution in [3.8, 4) is 0 Å². The maximum Gasteiger partial charge on any atom is 0.241 e. The van der Waals surface area contributed by atoms with Gasteiger partial charge in [0.1, 0.15) is 0 Å². The van der Waals surface area contributed by atoms with Gasteiger partial charge in [0.25, 0.3) is 0 Å². The van der Waals surface area contributed by atoms with Gasteiger partial charge >= 0.3 is 0 Å². The second-order valence-electron chi connectivity index (χ2n) is 6.39. The number of sulfonamides is 1. The van der Waals surface area contributed by atoms with E-state index in [-0.39, 0.29) is 17.2 Å². The highest BCUT2D eigenvalue weighted by Crippen LogP contribution is 2.21. The lowest BCUT2D eigenvalue weighted by Crippen LogP contribution is -2.31. The molecular formula is C21H21N3O3S. The first-order valence-corrected chi connectivity index (χ1v) is 10.3. The molecule has 0 unspecified atom stereocenters. The summed E-state index contributed by atoms with van der Waals surface area (Å²) in [6, 6.07) is 18.3. The van der Waals surface area contributed by atoms with Gasteiger partial charge in [-0.05, 0) is 36.8 Å². The predicted octanol–water partition coefficient (Wildman–Crippen LogP) is 3.44. The van der Waals surface area contributed by atoms with E-state index < -0.39 is 16.1 Å². The van der Waals surface area contributed by atoms with E-state index in [4.69, 9.17) is 0 Å². The second-order valence-corrected chi connectivity index (χ2v) is 8.11. The van der Waals surface area contributed by atoms with Crippen LogP contribution >= 0.6 is 0 Å². The van der Waals surface area contributed by atoms with E-state index in [1.165, 1.54) is 6.20 Å². The molecule has 6 nitrogen and oxygen atoms in total. The number of hydrogen-bond acceptors (Lipinski definition) is 4. The molecule has 0 aliphatic carbocycles. The summed E-state index contributed by atoms with van der Waals surface area (Å²) in [6.07, 6.45) is 3.09. The molecule has 1 amide bonds. The Morgan fingerprint density at radius 3 is 2.36 bits per heavy atom. The zero-order chi connectivity index (χ0) is 20.0. The first-order valence-electron chi connectivity index (χ1n) is 8.78. The van der Waals surface area contributed by atoms with E-state index in [0.29, 0.717) is 11.3 Å². The van der Waals surface area contributed by atoms with Crippen molar-refractivity contribution >= 4 is 21.6 Å². The topological polar surface area (TPSA) is 88.2 Å². The van der Waals surface area contributed by atoms with Gasteiger partial charge in [0.05, 0.1) is 22.8 Å². The zero-order valence-corrected chi connectivity index (χ0v) is 16.2. The number of anilines is 1. The van der Waals surface area contributed by atoms with Crippen LogP contribution in [0.1, 0.15) is 23.6 Å². The van der Waals surface area contributed by atoms with Crippen molar-refractivity contribution in [3.05, 3.63) is 90.3 Å². The van der Waals surface area contributed by atoms with Gasteiger partial charge in [-0.25, -0.2) is 13.1 Å². The number of amides is 1. The molecule has 0 saturated heterocycles. The molecule has 1 heterocycles. The fourth-order valence-corrected chi connectivity index (χ4v) is 3.94. The number of pyridine rings is 1. The second kappa shape index (κ2) is 8.77. The third-order valence-corrected chi connectivity index (χ3v) is 5.65. The van der Waals surface area contributed by atoms with Crippen LogP contribution < -0.4 is 10.0 Å². The minimum Gasteiger partial charge on any atom is -0.325 e. The van der Waals surface area contributed by atoms with E-state index in [2.05, 4.69) is 15.0 Å². The van der Waals surface area contributed by atoms with Crippen LogP contribution in [0.15, 0.2) is 84.0 Å². The lowest BCUT2D eigenvalue weighted by atomic mass is 10.0. The Hall–Kier alpha value is -3.03. The summed E-state index contributed by atoms with van der Waals surface area (Å²) in [4.78, 5) is 16.6. The summed E-state index contributed by atoms with van der Waals surface area (Å²) in [6.45, 7) is 1.89. The standard InChI is InChI=1S/C21H21N3O3S/c1-16-9-11-19(12-10-16)28(26,27)24-20(17-6-3-2-4-7-17)14-21(25)23-18-8-5-13-22-15-18/h2-13,15,20,24H,14H2,1H3,(H,23,25)/t20-/m0/s1. The molecule has 0 aliphatic heterocycles. The Balaban J connectivity index is 1.81. The van der Waals surface area contributed by atoms with Crippen LogP contribution in [0.5, 0.6) is 0 Å². The molecule has 0 radical (unpaired) electrons. The van der Waals surface area contributed by atoms with Crippen molar-refractivity contribution in [2.24, 2.45) is 0 Å². The minimum absolute atomic E-state index is 0.0516. The van der Waals surface area contributed by atoms with E-state index in [1.807, 2.05) is 25.1 Å². The molecule has 7 heteroatoms. The van der Waals surface area contributed by atoms with Gasteiger partial charge in [-0.2, -0.15) is 0 Å². The fraction of sp³-hybridized carbons (Fsp3) is 0.143. The fourth-order valence-electron chi connectivity index (χ4n) is 2.72. The van der Waals surface area contributed by atoms with E-state index >= 15 is 0 Å². The highest BCUT2D eigenvalue weighted by molar-refractivity contribution is 7.89. The van der Waals surface area contributed by atoms with Crippen molar-refractivity contribution in [1.29, 1.82) is 0 Å².